The first-order chi connectivity index (χ1) is 13.5. The van der Waals surface area contributed by atoms with E-state index in [0.717, 1.165) is 43.2 Å². The van der Waals surface area contributed by atoms with Gasteiger partial charge in [-0.25, -0.2) is 8.42 Å². The van der Waals surface area contributed by atoms with Crippen molar-refractivity contribution in [3.8, 4) is 0 Å². The van der Waals surface area contributed by atoms with Crippen molar-refractivity contribution in [3.05, 3.63) is 57.2 Å². The number of aryl methyl sites for hydroxylation is 3. The number of aromatic nitrogens is 1. The number of thiazole rings is 1. The van der Waals surface area contributed by atoms with Crippen LogP contribution in [0.1, 0.15) is 18.1 Å². The maximum Gasteiger partial charge on any atom is 0.307 e. The molecule has 0 unspecified atom stereocenters. The quantitative estimate of drug-likeness (QED) is 0.670. The van der Waals surface area contributed by atoms with Gasteiger partial charge in [0.2, 0.25) is 15.9 Å². The molecule has 0 aliphatic carbocycles. The Morgan fingerprint density at radius 2 is 1.83 bits per heavy atom. The number of hydrogen-bond acceptors (Lipinski definition) is 5. The van der Waals surface area contributed by atoms with Crippen LogP contribution in [-0.2, 0) is 21.9 Å². The number of hydrogen-bond donors (Lipinski definition) is 1. The van der Waals surface area contributed by atoms with Gasteiger partial charge >= 0.3 is 4.87 Å². The largest absolute Gasteiger partial charge is 0.324 e. The molecule has 1 atom stereocenters. The molecule has 0 spiro atoms. The average molecular weight is 434 g/mol. The van der Waals surface area contributed by atoms with Crippen LogP contribution < -0.4 is 14.5 Å². The molecule has 0 radical (unpaired) electrons. The molecule has 1 heterocycles. The molecule has 0 saturated carbocycles. The fourth-order valence-electron chi connectivity index (χ4n) is 3.13. The second kappa shape index (κ2) is 7.64. The van der Waals surface area contributed by atoms with Gasteiger partial charge in [-0.05, 0) is 62.2 Å². The van der Waals surface area contributed by atoms with Crippen molar-refractivity contribution in [2.24, 2.45) is 7.05 Å². The lowest BCUT2D eigenvalue weighted by Gasteiger charge is -2.28. The number of sulfonamides is 1. The van der Waals surface area contributed by atoms with E-state index in [1.807, 2.05) is 19.9 Å². The van der Waals surface area contributed by atoms with Crippen molar-refractivity contribution in [2.45, 2.75) is 26.8 Å². The van der Waals surface area contributed by atoms with Crippen LogP contribution in [0.3, 0.4) is 0 Å². The fourth-order valence-corrected chi connectivity index (χ4v) is 5.22. The van der Waals surface area contributed by atoms with Gasteiger partial charge in [0, 0.05) is 12.7 Å². The molecule has 0 aliphatic heterocycles. The number of carbonyl (C=O) groups is 1. The molecular formula is C20H23N3O4S2. The summed E-state index contributed by atoms with van der Waals surface area (Å²) in [5, 5.41) is 2.76. The van der Waals surface area contributed by atoms with Crippen LogP contribution in [0.15, 0.2) is 41.2 Å². The van der Waals surface area contributed by atoms with Crippen molar-refractivity contribution in [2.75, 3.05) is 15.9 Å². The van der Waals surface area contributed by atoms with Crippen molar-refractivity contribution in [1.29, 1.82) is 0 Å². The highest BCUT2D eigenvalue weighted by molar-refractivity contribution is 7.92. The molecule has 7 nitrogen and oxygen atoms in total. The molecule has 29 heavy (non-hydrogen) atoms. The lowest BCUT2D eigenvalue weighted by atomic mass is 10.1. The van der Waals surface area contributed by atoms with Crippen molar-refractivity contribution in [3.63, 3.8) is 0 Å². The van der Waals surface area contributed by atoms with Gasteiger partial charge in [0.25, 0.3) is 0 Å². The van der Waals surface area contributed by atoms with E-state index in [1.165, 1.54) is 0 Å². The first-order valence-electron chi connectivity index (χ1n) is 8.96. The Hall–Kier alpha value is -2.65. The Kier molecular flexibility index (Phi) is 5.55. The number of fused-ring (bicyclic) bond motifs is 1. The molecule has 1 aromatic heterocycles. The molecule has 2 aromatic carbocycles. The highest BCUT2D eigenvalue weighted by atomic mass is 32.2. The molecule has 1 N–H and O–H groups in total. The van der Waals surface area contributed by atoms with Crippen molar-refractivity contribution in [1.82, 2.24) is 4.57 Å². The zero-order chi connectivity index (χ0) is 21.5. The van der Waals surface area contributed by atoms with E-state index in [4.69, 9.17) is 0 Å². The molecule has 3 aromatic rings. The molecule has 0 fully saturated rings. The lowest BCUT2D eigenvalue weighted by Crippen LogP contribution is -2.45. The zero-order valence-corrected chi connectivity index (χ0v) is 18.5. The SMILES string of the molecule is Cc1ccc(N([C@@H](C)C(=O)Nc2ccc3c(c2)sc(=O)n3C)S(C)(=O)=O)cc1C. The summed E-state index contributed by atoms with van der Waals surface area (Å²) < 4.78 is 28.3. The molecule has 0 aliphatic rings. The average Bonchev–Trinajstić information content (AvgIpc) is 2.90. The minimum absolute atomic E-state index is 0.0881. The third-order valence-corrected chi connectivity index (χ3v) is 7.13. The molecule has 9 heteroatoms. The lowest BCUT2D eigenvalue weighted by molar-refractivity contribution is -0.116. The van der Waals surface area contributed by atoms with Gasteiger partial charge in [0.1, 0.15) is 6.04 Å². The van der Waals surface area contributed by atoms with Crippen LogP contribution in [-0.4, -0.2) is 31.2 Å². The molecule has 3 rings (SSSR count). The topological polar surface area (TPSA) is 88.5 Å². The van der Waals surface area contributed by atoms with Gasteiger partial charge < -0.3 is 9.88 Å². The highest BCUT2D eigenvalue weighted by Crippen LogP contribution is 2.25. The molecular weight excluding hydrogens is 410 g/mol. The summed E-state index contributed by atoms with van der Waals surface area (Å²) in [5.74, 6) is -0.462. The Morgan fingerprint density at radius 1 is 1.14 bits per heavy atom. The summed E-state index contributed by atoms with van der Waals surface area (Å²) in [6.45, 7) is 5.38. The van der Waals surface area contributed by atoms with E-state index in [2.05, 4.69) is 5.32 Å². The maximum atomic E-state index is 12.9. The molecule has 0 bridgehead atoms. The van der Waals surface area contributed by atoms with E-state index >= 15 is 0 Å². The third-order valence-electron chi connectivity index (χ3n) is 4.89. The minimum Gasteiger partial charge on any atom is -0.324 e. The second-order valence-corrected chi connectivity index (χ2v) is 9.95. The number of amides is 1. The Bertz CT molecular complexity index is 1260. The van der Waals surface area contributed by atoms with Gasteiger partial charge in [-0.15, -0.1) is 0 Å². The summed E-state index contributed by atoms with van der Waals surface area (Å²) in [6, 6.07) is 9.49. The van der Waals surface area contributed by atoms with Crippen LogP contribution >= 0.6 is 11.3 Å². The highest BCUT2D eigenvalue weighted by Gasteiger charge is 2.29. The number of carbonyl (C=O) groups excluding carboxylic acids is 1. The minimum atomic E-state index is -3.69. The van der Waals surface area contributed by atoms with Gasteiger partial charge in [-0.1, -0.05) is 17.4 Å². The summed E-state index contributed by atoms with van der Waals surface area (Å²) in [6.07, 6.45) is 1.08. The van der Waals surface area contributed by atoms with E-state index in [0.29, 0.717) is 11.4 Å². The van der Waals surface area contributed by atoms with Crippen LogP contribution in [0.25, 0.3) is 10.2 Å². The van der Waals surface area contributed by atoms with Gasteiger partial charge in [0.05, 0.1) is 22.2 Å². The zero-order valence-electron chi connectivity index (χ0n) is 16.9. The van der Waals surface area contributed by atoms with Gasteiger partial charge in [0.15, 0.2) is 0 Å². The summed E-state index contributed by atoms with van der Waals surface area (Å²) in [5.41, 5.74) is 3.70. The standard InChI is InChI=1S/C20H23N3O4S2/c1-12-6-8-16(10-13(12)2)23(29(5,26)27)14(3)19(24)21-15-7-9-17-18(11-15)28-20(25)22(17)4/h6-11,14H,1-5H3,(H,21,24)/t14-/m0/s1. The first-order valence-corrected chi connectivity index (χ1v) is 11.6. The number of anilines is 2. The maximum absolute atomic E-state index is 12.9. The Balaban J connectivity index is 1.91. The number of nitrogens with zero attached hydrogens (tertiary/aromatic N) is 2. The molecule has 1 amide bonds. The fraction of sp³-hybridized carbons (Fsp3) is 0.300. The van der Waals surface area contributed by atoms with Crippen LogP contribution in [0, 0.1) is 13.8 Å². The summed E-state index contributed by atoms with van der Waals surface area (Å²) in [4.78, 5) is 24.6. The van der Waals surface area contributed by atoms with Crippen LogP contribution in [0.2, 0.25) is 0 Å². The van der Waals surface area contributed by atoms with Crippen molar-refractivity contribution >= 4 is 48.9 Å². The monoisotopic (exact) mass is 433 g/mol. The predicted molar refractivity (Wildman–Crippen MR) is 118 cm³/mol. The number of rotatable bonds is 5. The third kappa shape index (κ3) is 4.20. The summed E-state index contributed by atoms with van der Waals surface area (Å²) >= 11 is 1.09. The van der Waals surface area contributed by atoms with Gasteiger partial charge in [-0.3, -0.25) is 13.9 Å². The second-order valence-electron chi connectivity index (χ2n) is 7.10. The summed E-state index contributed by atoms with van der Waals surface area (Å²) in [7, 11) is -2.00. The van der Waals surface area contributed by atoms with E-state index in [9.17, 15) is 18.0 Å². The molecule has 0 saturated heterocycles. The smallest absolute Gasteiger partial charge is 0.307 e. The van der Waals surface area contributed by atoms with Crippen LogP contribution in [0.4, 0.5) is 11.4 Å². The van der Waals surface area contributed by atoms with E-state index in [1.54, 1.807) is 48.9 Å². The predicted octanol–water partition coefficient (Wildman–Crippen LogP) is 3.01. The number of benzene rings is 2. The normalized spacial score (nSPS) is 12.7. The van der Waals surface area contributed by atoms with Gasteiger partial charge in [-0.2, -0.15) is 0 Å². The number of nitrogens with one attached hydrogen (secondary N) is 1. The van der Waals surface area contributed by atoms with E-state index in [-0.39, 0.29) is 4.87 Å². The Labute approximate surface area is 173 Å². The van der Waals surface area contributed by atoms with Crippen molar-refractivity contribution < 1.29 is 13.2 Å². The van der Waals surface area contributed by atoms with E-state index < -0.39 is 22.0 Å². The van der Waals surface area contributed by atoms with Crippen LogP contribution in [0.5, 0.6) is 0 Å². The molecule has 154 valence electrons. The first kappa shape index (κ1) is 21.1. The Morgan fingerprint density at radius 3 is 2.45 bits per heavy atom.